The molecule has 88 valence electrons. The Bertz CT molecular complexity index is 400. The molecule has 0 aromatic carbocycles. The first-order valence-corrected chi connectivity index (χ1v) is 4.66. The fraction of sp³-hybridized carbons (Fsp3) is 0.500. The van der Waals surface area contributed by atoms with Crippen LogP contribution in [-0.2, 0) is 17.9 Å². The molecule has 0 unspecified atom stereocenters. The highest BCUT2D eigenvalue weighted by Crippen LogP contribution is 2.03. The number of hydrogen-bond acceptors (Lipinski definition) is 5. The van der Waals surface area contributed by atoms with Crippen molar-refractivity contribution in [1.82, 2.24) is 20.3 Å². The van der Waals surface area contributed by atoms with E-state index in [1.807, 2.05) is 0 Å². The molecule has 0 fully saturated rings. The van der Waals surface area contributed by atoms with Crippen molar-refractivity contribution in [3.8, 4) is 0 Å². The van der Waals surface area contributed by atoms with Crippen molar-refractivity contribution < 1.29 is 14.7 Å². The van der Waals surface area contributed by atoms with Crippen molar-refractivity contribution in [2.24, 2.45) is 5.73 Å². The van der Waals surface area contributed by atoms with Crippen LogP contribution in [0, 0.1) is 0 Å². The van der Waals surface area contributed by atoms with Crippen LogP contribution in [0.25, 0.3) is 0 Å². The number of hydrogen-bond donors (Lipinski definition) is 3. The Morgan fingerprint density at radius 2 is 2.25 bits per heavy atom. The highest BCUT2D eigenvalue weighted by Gasteiger charge is 2.17. The molecule has 1 heterocycles. The maximum atomic E-state index is 10.7. The van der Waals surface area contributed by atoms with Crippen LogP contribution < -0.4 is 11.1 Å². The van der Waals surface area contributed by atoms with Crippen molar-refractivity contribution in [1.29, 1.82) is 0 Å². The van der Waals surface area contributed by atoms with Crippen LogP contribution in [0.5, 0.6) is 0 Å². The highest BCUT2D eigenvalue weighted by molar-refractivity contribution is 5.86. The number of rotatable bonds is 5. The average molecular weight is 227 g/mol. The van der Waals surface area contributed by atoms with E-state index in [1.165, 1.54) is 11.6 Å². The van der Waals surface area contributed by atoms with Gasteiger partial charge in [-0.3, -0.25) is 4.79 Å². The molecule has 4 N–H and O–H groups in total. The van der Waals surface area contributed by atoms with E-state index >= 15 is 0 Å². The number of nitrogens with zero attached hydrogens (tertiary/aromatic N) is 3. The van der Waals surface area contributed by atoms with Gasteiger partial charge in [0.2, 0.25) is 5.91 Å². The summed E-state index contributed by atoms with van der Waals surface area (Å²) in [6.45, 7) is 2.12. The zero-order valence-corrected chi connectivity index (χ0v) is 8.80. The first-order chi connectivity index (χ1) is 7.56. The Kier molecular flexibility index (Phi) is 3.95. The van der Waals surface area contributed by atoms with Crippen LogP contribution in [0.15, 0.2) is 0 Å². The number of amides is 1. The molecule has 8 heteroatoms. The maximum Gasteiger partial charge on any atom is 0.358 e. The van der Waals surface area contributed by atoms with Gasteiger partial charge in [0, 0.05) is 20.0 Å². The number of aromatic nitrogens is 3. The molecule has 0 atom stereocenters. The van der Waals surface area contributed by atoms with Gasteiger partial charge in [0.15, 0.2) is 5.69 Å². The summed E-state index contributed by atoms with van der Waals surface area (Å²) in [7, 11) is 0. The summed E-state index contributed by atoms with van der Waals surface area (Å²) in [6.07, 6.45) is 0. The van der Waals surface area contributed by atoms with Gasteiger partial charge in [-0.2, -0.15) is 0 Å². The normalized spacial score (nSPS) is 10.1. The summed E-state index contributed by atoms with van der Waals surface area (Å²) in [4.78, 5) is 21.4. The summed E-state index contributed by atoms with van der Waals surface area (Å²) in [5.74, 6) is -1.32. The SMILES string of the molecule is CC(=O)NCCn1nnc(C(=O)O)c1CN. The predicted octanol–water partition coefficient (Wildman–Crippen LogP) is -1.43. The van der Waals surface area contributed by atoms with Crippen molar-refractivity contribution in [3.63, 3.8) is 0 Å². The van der Waals surface area contributed by atoms with Crippen molar-refractivity contribution in [2.75, 3.05) is 6.54 Å². The third-order valence-electron chi connectivity index (χ3n) is 1.93. The summed E-state index contributed by atoms with van der Waals surface area (Å²) in [5.41, 5.74) is 5.61. The second-order valence-electron chi connectivity index (χ2n) is 3.10. The molecule has 8 nitrogen and oxygen atoms in total. The van der Waals surface area contributed by atoms with Gasteiger partial charge < -0.3 is 16.2 Å². The van der Waals surface area contributed by atoms with Gasteiger partial charge in [0.25, 0.3) is 0 Å². The first-order valence-electron chi connectivity index (χ1n) is 4.66. The quantitative estimate of drug-likeness (QED) is 0.566. The third kappa shape index (κ3) is 2.76. The molecule has 1 aromatic heterocycles. The second kappa shape index (κ2) is 5.21. The molecule has 0 aliphatic carbocycles. The fourth-order valence-electron chi connectivity index (χ4n) is 1.22. The zero-order chi connectivity index (χ0) is 12.1. The van der Waals surface area contributed by atoms with E-state index in [1.54, 1.807) is 0 Å². The lowest BCUT2D eigenvalue weighted by Gasteiger charge is -2.05. The molecule has 0 saturated heterocycles. The van der Waals surface area contributed by atoms with Crippen LogP contribution in [-0.4, -0.2) is 38.5 Å². The van der Waals surface area contributed by atoms with Gasteiger partial charge >= 0.3 is 5.97 Å². The van der Waals surface area contributed by atoms with Gasteiger partial charge in [-0.1, -0.05) is 5.21 Å². The third-order valence-corrected chi connectivity index (χ3v) is 1.93. The smallest absolute Gasteiger partial charge is 0.358 e. The molecule has 0 aliphatic rings. The van der Waals surface area contributed by atoms with Crippen LogP contribution in [0.4, 0.5) is 0 Å². The lowest BCUT2D eigenvalue weighted by Crippen LogP contribution is -2.26. The van der Waals surface area contributed by atoms with Gasteiger partial charge in [0.1, 0.15) is 0 Å². The minimum absolute atomic E-state index is 0.0364. The molecule has 16 heavy (non-hydrogen) atoms. The maximum absolute atomic E-state index is 10.7. The molecule has 0 bridgehead atoms. The molecule has 0 spiro atoms. The number of carbonyl (C=O) groups excluding carboxylic acids is 1. The lowest BCUT2D eigenvalue weighted by molar-refractivity contribution is -0.119. The summed E-state index contributed by atoms with van der Waals surface area (Å²) >= 11 is 0. The van der Waals surface area contributed by atoms with Crippen molar-refractivity contribution in [2.45, 2.75) is 20.0 Å². The minimum atomic E-state index is -1.16. The Balaban J connectivity index is 2.73. The Morgan fingerprint density at radius 3 is 2.75 bits per heavy atom. The largest absolute Gasteiger partial charge is 0.476 e. The standard InChI is InChI=1S/C8H13N5O3/c1-5(14)10-2-3-13-6(4-9)7(8(15)16)11-12-13/h2-4,9H2,1H3,(H,10,14)(H,15,16). The molecule has 1 amide bonds. The van der Waals surface area contributed by atoms with Crippen LogP contribution in [0.2, 0.25) is 0 Å². The summed E-state index contributed by atoms with van der Waals surface area (Å²) in [5, 5.41) is 18.5. The number of aromatic carboxylic acids is 1. The molecular weight excluding hydrogens is 214 g/mol. The Morgan fingerprint density at radius 1 is 1.56 bits per heavy atom. The van der Waals surface area contributed by atoms with E-state index in [-0.39, 0.29) is 18.1 Å². The van der Waals surface area contributed by atoms with Gasteiger partial charge in [-0.05, 0) is 0 Å². The Labute approximate surface area is 91.4 Å². The minimum Gasteiger partial charge on any atom is -0.476 e. The zero-order valence-electron chi connectivity index (χ0n) is 8.80. The molecule has 1 aromatic rings. The van der Waals surface area contributed by atoms with E-state index in [2.05, 4.69) is 15.6 Å². The number of nitrogens with two attached hydrogens (primary N) is 1. The van der Waals surface area contributed by atoms with Gasteiger partial charge in [0.05, 0.1) is 12.2 Å². The lowest BCUT2D eigenvalue weighted by atomic mass is 10.3. The number of carboxylic acids is 1. The monoisotopic (exact) mass is 227 g/mol. The summed E-state index contributed by atoms with van der Waals surface area (Å²) < 4.78 is 1.37. The van der Waals surface area contributed by atoms with Crippen LogP contribution >= 0.6 is 0 Å². The predicted molar refractivity (Wildman–Crippen MR) is 53.6 cm³/mol. The molecule has 0 aliphatic heterocycles. The second-order valence-corrected chi connectivity index (χ2v) is 3.10. The van der Waals surface area contributed by atoms with E-state index < -0.39 is 5.97 Å². The van der Waals surface area contributed by atoms with Gasteiger partial charge in [-0.25, -0.2) is 9.48 Å². The van der Waals surface area contributed by atoms with E-state index in [0.29, 0.717) is 18.8 Å². The summed E-state index contributed by atoms with van der Waals surface area (Å²) in [6, 6.07) is 0. The molecule has 0 saturated carbocycles. The first kappa shape index (κ1) is 12.1. The number of carbonyl (C=O) groups is 2. The number of nitrogens with one attached hydrogen (secondary N) is 1. The molecule has 0 radical (unpaired) electrons. The van der Waals surface area contributed by atoms with Crippen LogP contribution in [0.1, 0.15) is 23.1 Å². The fourth-order valence-corrected chi connectivity index (χ4v) is 1.22. The van der Waals surface area contributed by atoms with Crippen LogP contribution in [0.3, 0.4) is 0 Å². The van der Waals surface area contributed by atoms with Gasteiger partial charge in [-0.15, -0.1) is 5.10 Å². The van der Waals surface area contributed by atoms with Crippen molar-refractivity contribution in [3.05, 3.63) is 11.4 Å². The average Bonchev–Trinajstić information content (AvgIpc) is 2.60. The topological polar surface area (TPSA) is 123 Å². The molecular formula is C8H13N5O3. The van der Waals surface area contributed by atoms with E-state index in [9.17, 15) is 9.59 Å². The van der Waals surface area contributed by atoms with E-state index in [0.717, 1.165) is 0 Å². The molecule has 1 rings (SSSR count). The Hall–Kier alpha value is -1.96. The van der Waals surface area contributed by atoms with Crippen molar-refractivity contribution >= 4 is 11.9 Å². The van der Waals surface area contributed by atoms with E-state index in [4.69, 9.17) is 10.8 Å². The number of carboxylic acid groups (broad SMARTS) is 1. The highest BCUT2D eigenvalue weighted by atomic mass is 16.4.